The SMILES string of the molecule is CCCCC(C)C(OC(=O)CC(CC(=O)O)C(=O)O)C(CC(C)CC(O)CCCCCC(O)C(O)C(C)N)OC(=O)CC(CC(=O)O)C(=O)O. The van der Waals surface area contributed by atoms with Gasteiger partial charge in [0, 0.05) is 6.04 Å². The molecule has 0 aromatic rings. The van der Waals surface area contributed by atoms with Gasteiger partial charge in [-0.1, -0.05) is 52.9 Å². The molecule has 9 N–H and O–H groups in total. The van der Waals surface area contributed by atoms with Crippen LogP contribution < -0.4 is 5.73 Å². The summed E-state index contributed by atoms with van der Waals surface area (Å²) in [4.78, 5) is 71.6. The largest absolute Gasteiger partial charge is 0.481 e. The van der Waals surface area contributed by atoms with Gasteiger partial charge >= 0.3 is 35.8 Å². The summed E-state index contributed by atoms with van der Waals surface area (Å²) >= 11 is 0. The number of unbranched alkanes of at least 4 members (excludes halogenated alkanes) is 3. The van der Waals surface area contributed by atoms with Crippen LogP contribution >= 0.6 is 0 Å². The summed E-state index contributed by atoms with van der Waals surface area (Å²) in [6.45, 7) is 7.02. The van der Waals surface area contributed by atoms with Crippen molar-refractivity contribution in [3.63, 3.8) is 0 Å². The van der Waals surface area contributed by atoms with Gasteiger partial charge in [0.2, 0.25) is 0 Å². The van der Waals surface area contributed by atoms with Crippen LogP contribution in [0.25, 0.3) is 0 Å². The van der Waals surface area contributed by atoms with Crippen LogP contribution in [-0.4, -0.2) is 108 Å². The smallest absolute Gasteiger partial charge is 0.307 e. The Bertz CT molecular complexity index is 1070. The molecule has 0 aromatic heterocycles. The highest BCUT2D eigenvalue weighted by Gasteiger charge is 2.37. The number of hydrogen-bond donors (Lipinski definition) is 8. The van der Waals surface area contributed by atoms with Gasteiger partial charge in [0.1, 0.15) is 12.2 Å². The molecule has 0 radical (unpaired) electrons. The van der Waals surface area contributed by atoms with Crippen molar-refractivity contribution in [1.82, 2.24) is 0 Å². The Morgan fingerprint density at radius 3 is 1.60 bits per heavy atom. The number of aliphatic hydroxyl groups excluding tert-OH is 3. The topological polar surface area (TPSA) is 289 Å². The van der Waals surface area contributed by atoms with E-state index in [9.17, 15) is 54.3 Å². The minimum Gasteiger partial charge on any atom is -0.481 e. The molecule has 0 spiro atoms. The lowest BCUT2D eigenvalue weighted by Crippen LogP contribution is -2.42. The molecule has 0 aromatic carbocycles. The van der Waals surface area contributed by atoms with Crippen LogP contribution in [0.1, 0.15) is 118 Å². The Morgan fingerprint density at radius 1 is 0.640 bits per heavy atom. The van der Waals surface area contributed by atoms with Crippen molar-refractivity contribution in [1.29, 1.82) is 0 Å². The number of esters is 2. The highest BCUT2D eigenvalue weighted by Crippen LogP contribution is 2.29. The van der Waals surface area contributed by atoms with Crippen LogP contribution in [0.2, 0.25) is 0 Å². The van der Waals surface area contributed by atoms with Crippen molar-refractivity contribution < 1.29 is 74.0 Å². The zero-order valence-electron chi connectivity index (χ0n) is 29.6. The van der Waals surface area contributed by atoms with Crippen molar-refractivity contribution in [2.45, 2.75) is 154 Å². The summed E-state index contributed by atoms with van der Waals surface area (Å²) in [6, 6.07) is -0.573. The van der Waals surface area contributed by atoms with Crippen LogP contribution in [0, 0.1) is 23.7 Å². The van der Waals surface area contributed by atoms with Gasteiger partial charge in [-0.15, -0.1) is 0 Å². The number of nitrogens with two attached hydrogens (primary N) is 1. The van der Waals surface area contributed by atoms with E-state index in [4.69, 9.17) is 25.4 Å². The lowest BCUT2D eigenvalue weighted by molar-refractivity contribution is -0.177. The fourth-order valence-electron chi connectivity index (χ4n) is 5.74. The molecule has 0 rings (SSSR count). The van der Waals surface area contributed by atoms with Crippen LogP contribution in [0.3, 0.4) is 0 Å². The second kappa shape index (κ2) is 24.7. The number of hydrogen-bond acceptors (Lipinski definition) is 12. The lowest BCUT2D eigenvalue weighted by Gasteiger charge is -2.33. The number of carbonyl (C=O) groups excluding carboxylic acids is 2. The highest BCUT2D eigenvalue weighted by molar-refractivity contribution is 5.83. The number of aliphatic carboxylic acids is 4. The van der Waals surface area contributed by atoms with Gasteiger partial charge < -0.3 is 51.0 Å². The summed E-state index contributed by atoms with van der Waals surface area (Å²) in [5, 5.41) is 67.7. The van der Waals surface area contributed by atoms with Crippen molar-refractivity contribution in [2.24, 2.45) is 29.4 Å². The summed E-state index contributed by atoms with van der Waals surface area (Å²) in [5.41, 5.74) is 5.61. The van der Waals surface area contributed by atoms with E-state index in [2.05, 4.69) is 0 Å². The van der Waals surface area contributed by atoms with Crippen LogP contribution in [0.15, 0.2) is 0 Å². The van der Waals surface area contributed by atoms with E-state index < -0.39 is 116 Å². The first-order chi connectivity index (χ1) is 23.3. The summed E-state index contributed by atoms with van der Waals surface area (Å²) in [6.07, 6.45) is -3.50. The minimum absolute atomic E-state index is 0.0344. The summed E-state index contributed by atoms with van der Waals surface area (Å²) in [7, 11) is 0. The normalized spacial score (nSPS) is 17.5. The number of aliphatic hydroxyl groups is 3. The second-order valence-corrected chi connectivity index (χ2v) is 13.6. The zero-order chi connectivity index (χ0) is 38.6. The molecule has 16 heteroatoms. The first-order valence-corrected chi connectivity index (χ1v) is 17.4. The highest BCUT2D eigenvalue weighted by atomic mass is 16.6. The molecular weight excluding hydrogens is 662 g/mol. The van der Waals surface area contributed by atoms with Crippen molar-refractivity contribution in [2.75, 3.05) is 0 Å². The van der Waals surface area contributed by atoms with E-state index in [1.54, 1.807) is 20.8 Å². The number of rotatable bonds is 29. The van der Waals surface area contributed by atoms with Crippen molar-refractivity contribution in [3.8, 4) is 0 Å². The maximum Gasteiger partial charge on any atom is 0.307 e. The predicted molar refractivity (Wildman–Crippen MR) is 178 cm³/mol. The van der Waals surface area contributed by atoms with Crippen LogP contribution in [0.4, 0.5) is 0 Å². The molecule has 16 nitrogen and oxygen atoms in total. The molecule has 0 saturated carbocycles. The second-order valence-electron chi connectivity index (χ2n) is 13.6. The quantitative estimate of drug-likeness (QED) is 0.0407. The maximum atomic E-state index is 13.0. The standard InChI is InChI=1S/C34H59NO15/c1-5-6-10-20(3)32(50-30(43)18-23(34(47)48)16-28(40)41)26(49-29(42)17-22(33(45)46)15-27(38)39)14-19(2)13-24(36)11-8-7-9-12-25(37)31(44)21(4)35/h19-26,31-32,36-37,44H,5-18,35H2,1-4H3,(H,38,39)(H,40,41)(H,45,46)(H,47,48). The molecule has 0 saturated heterocycles. The third-order valence-corrected chi connectivity index (χ3v) is 8.64. The molecule has 0 aliphatic carbocycles. The third kappa shape index (κ3) is 20.4. The van der Waals surface area contributed by atoms with Gasteiger partial charge in [-0.2, -0.15) is 0 Å². The molecule has 290 valence electrons. The van der Waals surface area contributed by atoms with E-state index in [1.807, 2.05) is 6.92 Å². The minimum atomic E-state index is -1.59. The van der Waals surface area contributed by atoms with Crippen molar-refractivity contribution >= 4 is 35.8 Å². The zero-order valence-corrected chi connectivity index (χ0v) is 29.6. The first-order valence-electron chi connectivity index (χ1n) is 17.4. The molecule has 0 aliphatic heterocycles. The van der Waals surface area contributed by atoms with Crippen LogP contribution in [0.5, 0.6) is 0 Å². The molecule has 0 bridgehead atoms. The molecular formula is C34H59NO15. The maximum absolute atomic E-state index is 13.0. The van der Waals surface area contributed by atoms with E-state index in [0.717, 1.165) is 6.42 Å². The molecule has 0 heterocycles. The average Bonchev–Trinajstić information content (AvgIpc) is 3.00. The molecule has 50 heavy (non-hydrogen) atoms. The molecule has 0 aliphatic rings. The Hall–Kier alpha value is -3.34. The number of ether oxygens (including phenoxy) is 2. The number of carbonyl (C=O) groups is 6. The van der Waals surface area contributed by atoms with Gasteiger partial charge in [0.25, 0.3) is 0 Å². The van der Waals surface area contributed by atoms with Gasteiger partial charge in [0.15, 0.2) is 0 Å². The Labute approximate surface area is 293 Å². The Balaban J connectivity index is 5.96. The molecule has 0 amide bonds. The third-order valence-electron chi connectivity index (χ3n) is 8.64. The first kappa shape index (κ1) is 46.7. The Kier molecular flexibility index (Phi) is 23.1. The average molecular weight is 722 g/mol. The monoisotopic (exact) mass is 721 g/mol. The van der Waals surface area contributed by atoms with E-state index in [0.29, 0.717) is 44.9 Å². The van der Waals surface area contributed by atoms with Gasteiger partial charge in [-0.05, 0) is 50.9 Å². The number of carboxylic acid groups (broad SMARTS) is 4. The predicted octanol–water partition coefficient (Wildman–Crippen LogP) is 2.56. The van der Waals surface area contributed by atoms with Crippen molar-refractivity contribution in [3.05, 3.63) is 0 Å². The van der Waals surface area contributed by atoms with Gasteiger partial charge in [-0.3, -0.25) is 28.8 Å². The number of carboxylic acids is 4. The fourth-order valence-corrected chi connectivity index (χ4v) is 5.74. The van der Waals surface area contributed by atoms with E-state index >= 15 is 0 Å². The Morgan fingerprint density at radius 2 is 1.14 bits per heavy atom. The molecule has 10 atom stereocenters. The summed E-state index contributed by atoms with van der Waals surface area (Å²) < 4.78 is 11.4. The van der Waals surface area contributed by atoms with Gasteiger partial charge in [-0.25, -0.2) is 0 Å². The molecule has 0 fully saturated rings. The van der Waals surface area contributed by atoms with Crippen LogP contribution in [-0.2, 0) is 38.2 Å². The fraction of sp³-hybridized carbons (Fsp3) is 0.824. The van der Waals surface area contributed by atoms with E-state index in [-0.39, 0.29) is 18.8 Å². The summed E-state index contributed by atoms with van der Waals surface area (Å²) in [5.74, 6) is -11.9. The van der Waals surface area contributed by atoms with Gasteiger partial charge in [0.05, 0.1) is 55.8 Å². The molecule has 10 unspecified atom stereocenters. The van der Waals surface area contributed by atoms with E-state index in [1.165, 1.54) is 0 Å². The lowest BCUT2D eigenvalue weighted by atomic mass is 9.87.